The lowest BCUT2D eigenvalue weighted by Gasteiger charge is -2.12. The molecule has 0 aliphatic heterocycles. The minimum Gasteiger partial charge on any atom is -0.447 e. The molecule has 2 atom stereocenters. The summed E-state index contributed by atoms with van der Waals surface area (Å²) in [4.78, 5) is 2.45. The van der Waals surface area contributed by atoms with Gasteiger partial charge < -0.3 is 14.6 Å². The molecular weight excluding hydrogens is 210 g/mol. The van der Waals surface area contributed by atoms with E-state index in [1.165, 1.54) is 12.1 Å². The fraction of sp³-hybridized carbons (Fsp3) is 0.429. The average molecular weight is 218 g/mol. The molecule has 1 heterocycles. The average Bonchev–Trinajstić information content (AvgIpc) is 2.60. The Labute approximate surface area is 84.3 Å². The second-order valence-corrected chi connectivity index (χ2v) is 2.94. The minimum atomic E-state index is -1.24. The first-order valence-corrected chi connectivity index (χ1v) is 4.15. The highest BCUT2D eigenvalue weighted by molar-refractivity contribution is 6.28. The molecular formula is C7H8ClN3O3. The molecule has 0 spiro atoms. The molecule has 6 nitrogen and oxygen atoms in total. The van der Waals surface area contributed by atoms with Crippen molar-refractivity contribution in [1.29, 1.82) is 0 Å². The monoisotopic (exact) mass is 217 g/mol. The summed E-state index contributed by atoms with van der Waals surface area (Å²) in [7, 11) is 0. The largest absolute Gasteiger partial charge is 0.447 e. The second kappa shape index (κ2) is 4.88. The number of furan rings is 1. The van der Waals surface area contributed by atoms with E-state index >= 15 is 0 Å². The number of hydrogen-bond acceptors (Lipinski definition) is 4. The van der Waals surface area contributed by atoms with Gasteiger partial charge in [-0.3, -0.25) is 0 Å². The topological polar surface area (TPSA) is 102 Å². The van der Waals surface area contributed by atoms with E-state index in [1.807, 2.05) is 0 Å². The third-order valence-corrected chi connectivity index (χ3v) is 1.79. The number of halogens is 1. The van der Waals surface area contributed by atoms with E-state index in [0.717, 1.165) is 0 Å². The summed E-state index contributed by atoms with van der Waals surface area (Å²) >= 11 is 5.47. The van der Waals surface area contributed by atoms with E-state index < -0.39 is 12.2 Å². The maximum Gasteiger partial charge on any atom is 0.193 e. The van der Waals surface area contributed by atoms with Gasteiger partial charge in [0.1, 0.15) is 11.9 Å². The molecule has 0 saturated heterocycles. The van der Waals surface area contributed by atoms with Crippen LogP contribution in [-0.4, -0.2) is 22.9 Å². The molecule has 0 aliphatic rings. The molecule has 0 bridgehead atoms. The van der Waals surface area contributed by atoms with Crippen LogP contribution in [0.4, 0.5) is 0 Å². The van der Waals surface area contributed by atoms with Crippen molar-refractivity contribution in [3.8, 4) is 0 Å². The van der Waals surface area contributed by atoms with Crippen molar-refractivity contribution >= 4 is 11.6 Å². The van der Waals surface area contributed by atoms with E-state index in [2.05, 4.69) is 10.0 Å². The third-order valence-electron chi connectivity index (χ3n) is 1.58. The molecule has 0 radical (unpaired) electrons. The predicted octanol–water partition coefficient (Wildman–Crippen LogP) is 1.64. The molecule has 0 fully saturated rings. The smallest absolute Gasteiger partial charge is 0.193 e. The zero-order valence-electron chi connectivity index (χ0n) is 7.04. The molecule has 2 N–H and O–H groups in total. The number of azide groups is 1. The fourth-order valence-corrected chi connectivity index (χ4v) is 1.05. The normalized spacial score (nSPS) is 14.5. The summed E-state index contributed by atoms with van der Waals surface area (Å²) in [6.45, 7) is -0.226. The summed E-state index contributed by atoms with van der Waals surface area (Å²) in [6.07, 6.45) is -2.44. The molecule has 0 aromatic carbocycles. The number of nitrogens with zero attached hydrogens (tertiary/aromatic N) is 3. The van der Waals surface area contributed by atoms with E-state index in [-0.39, 0.29) is 17.5 Å². The Balaban J connectivity index is 2.64. The molecule has 0 amide bonds. The number of hydrogen-bond donors (Lipinski definition) is 2. The van der Waals surface area contributed by atoms with E-state index in [9.17, 15) is 10.2 Å². The number of rotatable bonds is 4. The second-order valence-electron chi connectivity index (χ2n) is 2.57. The van der Waals surface area contributed by atoms with Gasteiger partial charge in [-0.15, -0.1) is 0 Å². The Morgan fingerprint density at radius 2 is 2.29 bits per heavy atom. The maximum atomic E-state index is 9.44. The van der Waals surface area contributed by atoms with Crippen molar-refractivity contribution in [2.45, 2.75) is 12.2 Å². The maximum absolute atomic E-state index is 9.44. The number of aliphatic hydroxyl groups excluding tert-OH is 2. The zero-order valence-corrected chi connectivity index (χ0v) is 7.79. The predicted molar refractivity (Wildman–Crippen MR) is 48.7 cm³/mol. The van der Waals surface area contributed by atoms with Crippen molar-refractivity contribution < 1.29 is 14.6 Å². The lowest BCUT2D eigenvalue weighted by molar-refractivity contribution is 0.0113. The van der Waals surface area contributed by atoms with Gasteiger partial charge in [-0.25, -0.2) is 0 Å². The van der Waals surface area contributed by atoms with Gasteiger partial charge in [-0.2, -0.15) is 0 Å². The Hall–Kier alpha value is -1.20. The van der Waals surface area contributed by atoms with Crippen LogP contribution in [0.2, 0.25) is 5.22 Å². The van der Waals surface area contributed by atoms with Gasteiger partial charge in [0.2, 0.25) is 0 Å². The van der Waals surface area contributed by atoms with E-state index in [4.69, 9.17) is 21.5 Å². The van der Waals surface area contributed by atoms with Crippen molar-refractivity contribution in [3.63, 3.8) is 0 Å². The first-order chi connectivity index (χ1) is 6.65. The van der Waals surface area contributed by atoms with Gasteiger partial charge in [-0.1, -0.05) is 5.11 Å². The molecule has 14 heavy (non-hydrogen) atoms. The third kappa shape index (κ3) is 2.65. The highest BCUT2D eigenvalue weighted by atomic mass is 35.5. The van der Waals surface area contributed by atoms with Crippen LogP contribution in [0.15, 0.2) is 21.7 Å². The van der Waals surface area contributed by atoms with Crippen LogP contribution in [0, 0.1) is 0 Å². The van der Waals surface area contributed by atoms with Crippen LogP contribution < -0.4 is 0 Å². The highest BCUT2D eigenvalue weighted by Gasteiger charge is 2.20. The van der Waals surface area contributed by atoms with Gasteiger partial charge in [0.15, 0.2) is 5.22 Å². The zero-order chi connectivity index (χ0) is 10.6. The molecule has 1 aromatic rings. The Kier molecular flexibility index (Phi) is 3.79. The molecule has 76 valence electrons. The van der Waals surface area contributed by atoms with Crippen LogP contribution >= 0.6 is 11.6 Å². The molecule has 0 aliphatic carbocycles. The van der Waals surface area contributed by atoms with Crippen LogP contribution in [0.5, 0.6) is 0 Å². The van der Waals surface area contributed by atoms with Gasteiger partial charge in [-0.05, 0) is 29.3 Å². The Morgan fingerprint density at radius 3 is 2.79 bits per heavy atom. The van der Waals surface area contributed by atoms with E-state index in [0.29, 0.717) is 0 Å². The molecule has 7 heteroatoms. The minimum absolute atomic E-state index is 0.120. The lowest BCUT2D eigenvalue weighted by atomic mass is 10.1. The van der Waals surface area contributed by atoms with Crippen LogP contribution in [0.1, 0.15) is 11.9 Å². The first kappa shape index (κ1) is 10.9. The summed E-state index contributed by atoms with van der Waals surface area (Å²) in [5.74, 6) is 0.135. The van der Waals surface area contributed by atoms with Crippen LogP contribution in [-0.2, 0) is 0 Å². The van der Waals surface area contributed by atoms with Crippen LogP contribution in [0.25, 0.3) is 10.4 Å². The highest BCUT2D eigenvalue weighted by Crippen LogP contribution is 2.22. The van der Waals surface area contributed by atoms with Crippen LogP contribution in [0.3, 0.4) is 0 Å². The number of aliphatic hydroxyl groups is 2. The van der Waals surface area contributed by atoms with Gasteiger partial charge in [0, 0.05) is 4.91 Å². The first-order valence-electron chi connectivity index (χ1n) is 3.77. The van der Waals surface area contributed by atoms with E-state index in [1.54, 1.807) is 0 Å². The molecule has 2 unspecified atom stereocenters. The Morgan fingerprint density at radius 1 is 1.57 bits per heavy atom. The van der Waals surface area contributed by atoms with Gasteiger partial charge in [0.25, 0.3) is 0 Å². The fourth-order valence-electron chi connectivity index (χ4n) is 0.897. The van der Waals surface area contributed by atoms with Crippen molar-refractivity contribution in [2.24, 2.45) is 5.11 Å². The van der Waals surface area contributed by atoms with Gasteiger partial charge >= 0.3 is 0 Å². The molecule has 0 saturated carbocycles. The molecule has 1 rings (SSSR count). The SMILES string of the molecule is [N-]=[N+]=NCC(O)C(O)c1ccc(Cl)o1. The summed E-state index contributed by atoms with van der Waals surface area (Å²) in [6, 6.07) is 2.88. The standard InChI is InChI=1S/C7H8ClN3O3/c8-6-2-1-5(14-6)7(13)4(12)3-10-11-9/h1-2,4,7,12-13H,3H2. The summed E-state index contributed by atoms with van der Waals surface area (Å²) < 4.78 is 4.87. The molecule has 1 aromatic heterocycles. The summed E-state index contributed by atoms with van der Waals surface area (Å²) in [5, 5.41) is 22.0. The quantitative estimate of drug-likeness (QED) is 0.455. The van der Waals surface area contributed by atoms with Crippen molar-refractivity contribution in [3.05, 3.63) is 33.6 Å². The Bertz CT molecular complexity index is 348. The van der Waals surface area contributed by atoms with Gasteiger partial charge in [0.05, 0.1) is 12.6 Å². The van der Waals surface area contributed by atoms with Crippen molar-refractivity contribution in [2.75, 3.05) is 6.54 Å². The van der Waals surface area contributed by atoms with Crippen molar-refractivity contribution in [1.82, 2.24) is 0 Å². The summed E-state index contributed by atoms with van der Waals surface area (Å²) in [5.41, 5.74) is 7.99. The lowest BCUT2D eigenvalue weighted by Crippen LogP contribution is -2.20.